The third-order valence-electron chi connectivity index (χ3n) is 3.89. The second kappa shape index (κ2) is 5.70. The maximum atomic E-state index is 11.8. The molecule has 1 saturated carbocycles. The fraction of sp³-hybridized carbons (Fsp3) is 0.222. The molecule has 0 unspecified atom stereocenters. The molecule has 1 amide bonds. The Balaban J connectivity index is 1.53. The van der Waals surface area contributed by atoms with E-state index in [2.05, 4.69) is 10.3 Å². The monoisotopic (exact) mass is 326 g/mol. The lowest BCUT2D eigenvalue weighted by Crippen LogP contribution is -2.13. The molecule has 0 atom stereocenters. The Morgan fingerprint density at radius 1 is 1.26 bits per heavy atom. The molecule has 0 aliphatic heterocycles. The van der Waals surface area contributed by atoms with E-state index in [-0.39, 0.29) is 11.8 Å². The number of rotatable bonds is 4. The van der Waals surface area contributed by atoms with E-state index in [1.165, 1.54) is 0 Å². The van der Waals surface area contributed by atoms with Gasteiger partial charge in [0.15, 0.2) is 11.5 Å². The number of amides is 1. The number of halogens is 1. The van der Waals surface area contributed by atoms with Gasteiger partial charge in [-0.05, 0) is 48.7 Å². The number of aromatic nitrogens is 1. The average Bonchev–Trinajstić information content (AvgIpc) is 3.29. The van der Waals surface area contributed by atoms with Gasteiger partial charge in [-0.3, -0.25) is 4.79 Å². The summed E-state index contributed by atoms with van der Waals surface area (Å²) in [5, 5.41) is 3.60. The minimum atomic E-state index is 0.110. The number of anilines is 1. The predicted octanol–water partition coefficient (Wildman–Crippen LogP) is 4.42. The molecule has 4 nitrogen and oxygen atoms in total. The summed E-state index contributed by atoms with van der Waals surface area (Å²) < 4.78 is 5.74. The van der Waals surface area contributed by atoms with Gasteiger partial charge in [0.1, 0.15) is 5.52 Å². The molecule has 2 aromatic carbocycles. The van der Waals surface area contributed by atoms with E-state index in [4.69, 9.17) is 16.0 Å². The highest BCUT2D eigenvalue weighted by Crippen LogP contribution is 2.30. The molecule has 1 aromatic heterocycles. The van der Waals surface area contributed by atoms with E-state index >= 15 is 0 Å². The van der Waals surface area contributed by atoms with Crippen LogP contribution in [0.1, 0.15) is 24.3 Å². The first-order valence-electron chi connectivity index (χ1n) is 7.62. The Kier molecular flexibility index (Phi) is 3.54. The van der Waals surface area contributed by atoms with Crippen LogP contribution in [0.3, 0.4) is 0 Å². The van der Waals surface area contributed by atoms with Gasteiger partial charge in [0.25, 0.3) is 0 Å². The van der Waals surface area contributed by atoms with Gasteiger partial charge in [-0.1, -0.05) is 23.7 Å². The van der Waals surface area contributed by atoms with Crippen LogP contribution in [0.5, 0.6) is 0 Å². The Labute approximate surface area is 138 Å². The number of oxazole rings is 1. The van der Waals surface area contributed by atoms with Crippen molar-refractivity contribution in [2.45, 2.75) is 19.3 Å². The molecule has 1 fully saturated rings. The van der Waals surface area contributed by atoms with Crippen molar-refractivity contribution in [2.24, 2.45) is 5.92 Å². The SMILES string of the molecule is O=C(Nc1cccc(Cc2nc3cc(Cl)ccc3o2)c1)C1CC1. The zero-order chi connectivity index (χ0) is 15.8. The van der Waals surface area contributed by atoms with E-state index in [0.717, 1.165) is 35.2 Å². The quantitative estimate of drug-likeness (QED) is 0.772. The Bertz CT molecular complexity index is 884. The van der Waals surface area contributed by atoms with Crippen molar-refractivity contribution in [3.05, 3.63) is 58.9 Å². The van der Waals surface area contributed by atoms with Gasteiger partial charge in [0, 0.05) is 23.0 Å². The number of hydrogen-bond donors (Lipinski definition) is 1. The average molecular weight is 327 g/mol. The second-order valence-corrected chi connectivity index (χ2v) is 6.30. The van der Waals surface area contributed by atoms with Gasteiger partial charge in [-0.2, -0.15) is 0 Å². The van der Waals surface area contributed by atoms with Gasteiger partial charge in [-0.15, -0.1) is 0 Å². The largest absolute Gasteiger partial charge is 0.440 e. The van der Waals surface area contributed by atoms with Crippen LogP contribution in [0, 0.1) is 5.92 Å². The van der Waals surface area contributed by atoms with Crippen LogP contribution in [0.4, 0.5) is 5.69 Å². The van der Waals surface area contributed by atoms with Crippen LogP contribution >= 0.6 is 11.6 Å². The summed E-state index contributed by atoms with van der Waals surface area (Å²) in [7, 11) is 0. The van der Waals surface area contributed by atoms with E-state index < -0.39 is 0 Å². The molecule has 1 aliphatic carbocycles. The fourth-order valence-corrected chi connectivity index (χ4v) is 2.71. The van der Waals surface area contributed by atoms with Crippen LogP contribution < -0.4 is 5.32 Å². The Hall–Kier alpha value is -2.33. The summed E-state index contributed by atoms with van der Waals surface area (Å²) in [4.78, 5) is 16.3. The molecule has 4 rings (SSSR count). The zero-order valence-corrected chi connectivity index (χ0v) is 13.1. The van der Waals surface area contributed by atoms with Crippen molar-refractivity contribution in [1.82, 2.24) is 4.98 Å². The predicted molar refractivity (Wildman–Crippen MR) is 89.6 cm³/mol. The highest BCUT2D eigenvalue weighted by molar-refractivity contribution is 6.31. The summed E-state index contributed by atoms with van der Waals surface area (Å²) >= 11 is 5.97. The lowest BCUT2D eigenvalue weighted by Gasteiger charge is -2.05. The smallest absolute Gasteiger partial charge is 0.227 e. The number of hydrogen-bond acceptors (Lipinski definition) is 3. The van der Waals surface area contributed by atoms with Crippen LogP contribution in [0.2, 0.25) is 5.02 Å². The van der Waals surface area contributed by atoms with E-state index in [0.29, 0.717) is 17.3 Å². The second-order valence-electron chi connectivity index (χ2n) is 5.86. The molecule has 5 heteroatoms. The molecule has 0 bridgehead atoms. The molecule has 0 radical (unpaired) electrons. The van der Waals surface area contributed by atoms with Crippen molar-refractivity contribution in [3.8, 4) is 0 Å². The number of carbonyl (C=O) groups excluding carboxylic acids is 1. The molecular weight excluding hydrogens is 312 g/mol. The van der Waals surface area contributed by atoms with Crippen molar-refractivity contribution < 1.29 is 9.21 Å². The van der Waals surface area contributed by atoms with Crippen molar-refractivity contribution in [1.29, 1.82) is 0 Å². The third kappa shape index (κ3) is 3.22. The van der Waals surface area contributed by atoms with Gasteiger partial charge in [0.05, 0.1) is 0 Å². The first-order chi connectivity index (χ1) is 11.2. The minimum Gasteiger partial charge on any atom is -0.440 e. The first kappa shape index (κ1) is 14.3. The zero-order valence-electron chi connectivity index (χ0n) is 12.4. The fourth-order valence-electron chi connectivity index (χ4n) is 2.55. The summed E-state index contributed by atoms with van der Waals surface area (Å²) in [6, 6.07) is 13.2. The third-order valence-corrected chi connectivity index (χ3v) is 4.13. The Morgan fingerprint density at radius 3 is 2.96 bits per heavy atom. The van der Waals surface area contributed by atoms with Crippen molar-refractivity contribution >= 4 is 34.3 Å². The maximum Gasteiger partial charge on any atom is 0.227 e. The van der Waals surface area contributed by atoms with Crippen molar-refractivity contribution in [3.63, 3.8) is 0 Å². The van der Waals surface area contributed by atoms with E-state index in [1.54, 1.807) is 12.1 Å². The Morgan fingerprint density at radius 2 is 2.13 bits per heavy atom. The number of fused-ring (bicyclic) bond motifs is 1. The van der Waals surface area contributed by atoms with E-state index in [9.17, 15) is 4.79 Å². The first-order valence-corrected chi connectivity index (χ1v) is 8.00. The molecular formula is C18H15ClN2O2. The van der Waals surface area contributed by atoms with Gasteiger partial charge in [0.2, 0.25) is 5.91 Å². The summed E-state index contributed by atoms with van der Waals surface area (Å²) in [6.07, 6.45) is 2.56. The summed E-state index contributed by atoms with van der Waals surface area (Å²) in [5.41, 5.74) is 3.34. The maximum absolute atomic E-state index is 11.8. The molecule has 1 aliphatic rings. The van der Waals surface area contributed by atoms with E-state index in [1.807, 2.05) is 30.3 Å². The van der Waals surface area contributed by atoms with Crippen molar-refractivity contribution in [2.75, 3.05) is 5.32 Å². The molecule has 116 valence electrons. The molecule has 23 heavy (non-hydrogen) atoms. The highest BCUT2D eigenvalue weighted by Gasteiger charge is 2.29. The van der Waals surface area contributed by atoms with Gasteiger partial charge in [-0.25, -0.2) is 4.98 Å². The van der Waals surface area contributed by atoms with Gasteiger partial charge >= 0.3 is 0 Å². The number of nitrogens with zero attached hydrogens (tertiary/aromatic N) is 1. The highest BCUT2D eigenvalue weighted by atomic mass is 35.5. The summed E-state index contributed by atoms with van der Waals surface area (Å²) in [5.74, 6) is 0.937. The normalized spacial score (nSPS) is 14.1. The number of benzene rings is 2. The van der Waals surface area contributed by atoms with Crippen LogP contribution in [0.15, 0.2) is 46.9 Å². The number of carbonyl (C=O) groups is 1. The lowest BCUT2D eigenvalue weighted by molar-refractivity contribution is -0.117. The molecule has 0 spiro atoms. The molecule has 0 saturated heterocycles. The minimum absolute atomic E-state index is 0.110. The number of nitrogens with one attached hydrogen (secondary N) is 1. The van der Waals surface area contributed by atoms with Crippen LogP contribution in [-0.2, 0) is 11.2 Å². The van der Waals surface area contributed by atoms with Gasteiger partial charge < -0.3 is 9.73 Å². The molecule has 3 aromatic rings. The molecule has 1 N–H and O–H groups in total. The van der Waals surface area contributed by atoms with Crippen LogP contribution in [-0.4, -0.2) is 10.9 Å². The topological polar surface area (TPSA) is 55.1 Å². The summed E-state index contributed by atoms with van der Waals surface area (Å²) in [6.45, 7) is 0. The molecule has 1 heterocycles. The standard InChI is InChI=1S/C18H15ClN2O2/c19-13-6-7-16-15(10-13)21-17(23-16)9-11-2-1-3-14(8-11)20-18(22)12-4-5-12/h1-3,6-8,10,12H,4-5,9H2,(H,20,22). The van der Waals surface area contributed by atoms with Crippen LogP contribution in [0.25, 0.3) is 11.1 Å². The lowest BCUT2D eigenvalue weighted by atomic mass is 10.1.